The molecule has 0 bridgehead atoms. The van der Waals surface area contributed by atoms with Crippen LogP contribution in [0.25, 0.3) is 0 Å². The number of halogens is 1. The highest BCUT2D eigenvalue weighted by molar-refractivity contribution is 7.94. The average molecular weight is 450 g/mol. The first-order valence-corrected chi connectivity index (χ1v) is 11.7. The number of rotatable bonds is 3. The highest BCUT2D eigenvalue weighted by Crippen LogP contribution is 2.52. The van der Waals surface area contributed by atoms with E-state index in [1.807, 2.05) is 31.2 Å². The number of carbonyl (C=O) groups is 2. The van der Waals surface area contributed by atoms with Crippen molar-refractivity contribution in [1.82, 2.24) is 0 Å². The van der Waals surface area contributed by atoms with Crippen molar-refractivity contribution in [3.05, 3.63) is 95.3 Å². The monoisotopic (exact) mass is 450 g/mol. The summed E-state index contributed by atoms with van der Waals surface area (Å²) in [6.07, 6.45) is 0. The van der Waals surface area contributed by atoms with Crippen LogP contribution in [0.1, 0.15) is 16.7 Å². The van der Waals surface area contributed by atoms with Gasteiger partial charge >= 0.3 is 0 Å². The van der Waals surface area contributed by atoms with Gasteiger partial charge in [0.1, 0.15) is 11.6 Å². The number of hydrogen-bond donors (Lipinski definition) is 0. The Balaban J connectivity index is 1.73. The molecule has 2 aliphatic rings. The van der Waals surface area contributed by atoms with Gasteiger partial charge in [-0.3, -0.25) is 14.5 Å². The summed E-state index contributed by atoms with van der Waals surface area (Å²) in [5.74, 6) is -2.77. The third-order valence-corrected chi connectivity index (χ3v) is 8.04. The Morgan fingerprint density at radius 1 is 0.969 bits per heavy atom. The van der Waals surface area contributed by atoms with Crippen LogP contribution in [0.15, 0.2) is 72.8 Å². The van der Waals surface area contributed by atoms with Crippen LogP contribution >= 0.6 is 0 Å². The summed E-state index contributed by atoms with van der Waals surface area (Å²) in [6, 6.07) is 19.1. The van der Waals surface area contributed by atoms with Gasteiger partial charge in [-0.15, -0.1) is 0 Å². The first-order chi connectivity index (χ1) is 15.3. The van der Waals surface area contributed by atoms with Gasteiger partial charge in [0.2, 0.25) is 5.91 Å². The van der Waals surface area contributed by atoms with E-state index >= 15 is 0 Å². The van der Waals surface area contributed by atoms with E-state index in [-0.39, 0.29) is 17.8 Å². The summed E-state index contributed by atoms with van der Waals surface area (Å²) in [6.45, 7) is 2.08. The number of para-hydroxylation sites is 1. The van der Waals surface area contributed by atoms with E-state index in [9.17, 15) is 22.4 Å². The smallest absolute Gasteiger partial charge is 0.274 e. The largest absolute Gasteiger partial charge is 0.304 e. The fourth-order valence-corrected chi connectivity index (χ4v) is 6.66. The molecule has 8 heteroatoms. The first kappa shape index (κ1) is 20.4. The second-order valence-corrected chi connectivity index (χ2v) is 10.1. The number of benzene rings is 3. The molecule has 5 rings (SSSR count). The molecule has 1 atom stereocenters. The Morgan fingerprint density at radius 3 is 2.41 bits per heavy atom. The van der Waals surface area contributed by atoms with Gasteiger partial charge in [-0.2, -0.15) is 0 Å². The zero-order valence-electron chi connectivity index (χ0n) is 17.2. The summed E-state index contributed by atoms with van der Waals surface area (Å²) in [5, 5.41) is 0. The van der Waals surface area contributed by atoms with E-state index in [2.05, 4.69) is 0 Å². The molecule has 0 radical (unpaired) electrons. The van der Waals surface area contributed by atoms with Crippen molar-refractivity contribution in [2.24, 2.45) is 0 Å². The van der Waals surface area contributed by atoms with Gasteiger partial charge < -0.3 is 4.90 Å². The summed E-state index contributed by atoms with van der Waals surface area (Å²) in [7, 11) is -4.25. The molecule has 2 heterocycles. The third kappa shape index (κ3) is 2.72. The standard InChI is InChI=1S/C24H19FN2O4S/c1-16-5-4-6-17(13-16)14-26-21-8-3-2-7-20(21)24(23(26)29)27(22(28)15-32(24,30)31)19-11-9-18(25)10-12-19/h2-13H,14-15H2,1H3/t24-/m1/s1. The maximum atomic E-state index is 14.0. The molecule has 0 aliphatic carbocycles. The van der Waals surface area contributed by atoms with Crippen LogP contribution in [0.4, 0.5) is 15.8 Å². The van der Waals surface area contributed by atoms with Gasteiger partial charge in [0.05, 0.1) is 12.2 Å². The van der Waals surface area contributed by atoms with Crippen LogP contribution in [-0.2, 0) is 30.8 Å². The van der Waals surface area contributed by atoms with Gasteiger partial charge in [-0.1, -0.05) is 48.0 Å². The zero-order chi connectivity index (χ0) is 22.7. The number of fused-ring (bicyclic) bond motifs is 2. The summed E-state index contributed by atoms with van der Waals surface area (Å²) >= 11 is 0. The molecule has 0 aromatic heterocycles. The number of amides is 2. The predicted molar refractivity (Wildman–Crippen MR) is 118 cm³/mol. The molecule has 32 heavy (non-hydrogen) atoms. The number of hydrogen-bond acceptors (Lipinski definition) is 4. The van der Waals surface area contributed by atoms with Crippen molar-refractivity contribution < 1.29 is 22.4 Å². The normalized spacial score (nSPS) is 21.4. The van der Waals surface area contributed by atoms with Crippen molar-refractivity contribution in [3.8, 4) is 0 Å². The van der Waals surface area contributed by atoms with Crippen molar-refractivity contribution in [2.45, 2.75) is 18.3 Å². The summed E-state index contributed by atoms with van der Waals surface area (Å²) < 4.78 is 40.5. The molecule has 2 aliphatic heterocycles. The fourth-order valence-electron chi connectivity index (χ4n) is 4.63. The van der Waals surface area contributed by atoms with Gasteiger partial charge in [0, 0.05) is 11.3 Å². The lowest BCUT2D eigenvalue weighted by molar-refractivity contribution is -0.123. The molecule has 0 N–H and O–H groups in total. The first-order valence-electron chi connectivity index (χ1n) is 10.0. The molecule has 3 aromatic rings. The Labute approximate surface area is 184 Å². The summed E-state index contributed by atoms with van der Waals surface area (Å²) in [5.41, 5.74) is 2.66. The Bertz CT molecular complexity index is 1370. The van der Waals surface area contributed by atoms with Gasteiger partial charge in [-0.05, 0) is 42.8 Å². The Kier molecular flexibility index (Phi) is 4.46. The molecule has 162 valence electrons. The molecule has 1 spiro atoms. The number of sulfone groups is 1. The van der Waals surface area contributed by atoms with Gasteiger partial charge in [0.15, 0.2) is 9.84 Å². The minimum Gasteiger partial charge on any atom is -0.304 e. The van der Waals surface area contributed by atoms with E-state index in [4.69, 9.17) is 0 Å². The van der Waals surface area contributed by atoms with Gasteiger partial charge in [-0.25, -0.2) is 12.8 Å². The van der Waals surface area contributed by atoms with E-state index in [0.29, 0.717) is 5.69 Å². The number of nitrogens with zero attached hydrogens (tertiary/aromatic N) is 2. The second-order valence-electron chi connectivity index (χ2n) is 8.01. The van der Waals surface area contributed by atoms with Crippen LogP contribution in [0.3, 0.4) is 0 Å². The van der Waals surface area contributed by atoms with E-state index < -0.39 is 38.1 Å². The third-order valence-electron chi connectivity index (χ3n) is 5.93. The van der Waals surface area contributed by atoms with Crippen LogP contribution < -0.4 is 9.80 Å². The van der Waals surface area contributed by atoms with Crippen LogP contribution in [-0.4, -0.2) is 26.0 Å². The van der Waals surface area contributed by atoms with Crippen LogP contribution in [0, 0.1) is 12.7 Å². The summed E-state index contributed by atoms with van der Waals surface area (Å²) in [4.78, 5) is 27.2. The Morgan fingerprint density at radius 2 is 1.69 bits per heavy atom. The molecule has 0 unspecified atom stereocenters. The van der Waals surface area contributed by atoms with E-state index in [0.717, 1.165) is 28.2 Å². The number of aryl methyl sites for hydroxylation is 1. The maximum absolute atomic E-state index is 14.0. The molecule has 1 saturated heterocycles. The molecule has 3 aromatic carbocycles. The van der Waals surface area contributed by atoms with Crippen molar-refractivity contribution in [1.29, 1.82) is 0 Å². The highest BCUT2D eigenvalue weighted by atomic mass is 32.2. The lowest BCUT2D eigenvalue weighted by Crippen LogP contribution is -2.54. The minimum absolute atomic E-state index is 0.151. The molecule has 1 fully saturated rings. The average Bonchev–Trinajstić information content (AvgIpc) is 3.12. The number of anilines is 2. The minimum atomic E-state index is -4.25. The highest BCUT2D eigenvalue weighted by Gasteiger charge is 2.69. The van der Waals surface area contributed by atoms with Crippen molar-refractivity contribution >= 4 is 33.0 Å². The van der Waals surface area contributed by atoms with Gasteiger partial charge in [0.25, 0.3) is 10.8 Å². The molecule has 2 amide bonds. The molecular weight excluding hydrogens is 431 g/mol. The van der Waals surface area contributed by atoms with Crippen LogP contribution in [0.2, 0.25) is 0 Å². The number of carbonyl (C=O) groups excluding carboxylic acids is 2. The fraction of sp³-hybridized carbons (Fsp3) is 0.167. The lowest BCUT2D eigenvalue weighted by atomic mass is 10.0. The topological polar surface area (TPSA) is 74.8 Å². The SMILES string of the molecule is Cc1cccc(CN2C(=O)[C@]3(c4ccccc42)N(c2ccc(F)cc2)C(=O)CS3(=O)=O)c1. The lowest BCUT2D eigenvalue weighted by Gasteiger charge is -2.32. The van der Waals surface area contributed by atoms with Crippen molar-refractivity contribution in [3.63, 3.8) is 0 Å². The van der Waals surface area contributed by atoms with Crippen molar-refractivity contribution in [2.75, 3.05) is 15.6 Å². The predicted octanol–water partition coefficient (Wildman–Crippen LogP) is 3.30. The second kappa shape index (κ2) is 7.00. The Hall–Kier alpha value is -3.52. The van der Waals surface area contributed by atoms with Crippen LogP contribution in [0.5, 0.6) is 0 Å². The molecular formula is C24H19FN2O4S. The maximum Gasteiger partial charge on any atom is 0.274 e. The van der Waals surface area contributed by atoms with E-state index in [1.165, 1.54) is 17.0 Å². The molecule has 6 nitrogen and oxygen atoms in total. The quantitative estimate of drug-likeness (QED) is 0.614. The zero-order valence-corrected chi connectivity index (χ0v) is 18.0. The molecule has 0 saturated carbocycles. The van der Waals surface area contributed by atoms with E-state index in [1.54, 1.807) is 24.3 Å².